The first-order valence-corrected chi connectivity index (χ1v) is 10.0. The number of anilines is 1. The monoisotopic (exact) mass is 476 g/mol. The highest BCUT2D eigenvalue weighted by atomic mass is 19.2. The number of carbonyl (C=O) groups is 1. The van der Waals surface area contributed by atoms with Crippen molar-refractivity contribution in [2.75, 3.05) is 5.32 Å². The van der Waals surface area contributed by atoms with Gasteiger partial charge in [-0.3, -0.25) is 9.59 Å². The summed E-state index contributed by atoms with van der Waals surface area (Å²) in [6, 6.07) is 7.47. The fraction of sp³-hybridized carbons (Fsp3) is 0.174. The summed E-state index contributed by atoms with van der Waals surface area (Å²) in [6.07, 6.45) is 1.46. The molecular weight excluding hydrogens is 459 g/mol. The Morgan fingerprint density at radius 1 is 0.912 bits per heavy atom. The van der Waals surface area contributed by atoms with Gasteiger partial charge in [-0.1, -0.05) is 18.2 Å². The third-order valence-electron chi connectivity index (χ3n) is 5.68. The second-order valence-corrected chi connectivity index (χ2v) is 7.64. The van der Waals surface area contributed by atoms with Gasteiger partial charge in [0, 0.05) is 16.8 Å². The summed E-state index contributed by atoms with van der Waals surface area (Å²) >= 11 is 0. The predicted octanol–water partition coefficient (Wildman–Crippen LogP) is 4.70. The van der Waals surface area contributed by atoms with Gasteiger partial charge in [-0.2, -0.15) is 9.78 Å². The quantitative estimate of drug-likeness (QED) is 0.264. The van der Waals surface area contributed by atoms with Crippen LogP contribution in [0.3, 0.4) is 0 Å². The third kappa shape index (κ3) is 3.44. The van der Waals surface area contributed by atoms with E-state index in [1.54, 1.807) is 49.5 Å². The first-order valence-electron chi connectivity index (χ1n) is 10.0. The molecule has 0 saturated heterocycles. The number of benzene rings is 2. The first-order chi connectivity index (χ1) is 16.1. The summed E-state index contributed by atoms with van der Waals surface area (Å²) in [7, 11) is 0. The van der Waals surface area contributed by atoms with E-state index in [1.807, 2.05) is 0 Å². The summed E-state index contributed by atoms with van der Waals surface area (Å²) in [6.45, 7) is 4.56. The van der Waals surface area contributed by atoms with Gasteiger partial charge in [0.1, 0.15) is 11.7 Å². The number of para-hydroxylation sites is 1. The maximum Gasteiger partial charge on any atom is 0.281 e. The molecule has 4 rings (SSSR count). The third-order valence-corrected chi connectivity index (χ3v) is 5.68. The zero-order valence-corrected chi connectivity index (χ0v) is 18.1. The summed E-state index contributed by atoms with van der Waals surface area (Å²) in [5.74, 6) is -12.0. The fourth-order valence-corrected chi connectivity index (χ4v) is 3.97. The van der Waals surface area contributed by atoms with E-state index in [0.717, 1.165) is 0 Å². The molecule has 0 unspecified atom stereocenters. The predicted molar refractivity (Wildman–Crippen MR) is 114 cm³/mol. The lowest BCUT2D eigenvalue weighted by Crippen LogP contribution is -2.27. The van der Waals surface area contributed by atoms with Gasteiger partial charge in [0.15, 0.2) is 23.3 Å². The van der Waals surface area contributed by atoms with E-state index in [1.165, 1.54) is 22.4 Å². The molecule has 0 aliphatic heterocycles. The normalized spacial score (nSPS) is 12.2. The van der Waals surface area contributed by atoms with Crippen LogP contribution in [0, 0.1) is 42.9 Å². The number of fused-ring (bicyclic) bond motifs is 1. The fourth-order valence-electron chi connectivity index (χ4n) is 3.97. The van der Waals surface area contributed by atoms with Crippen LogP contribution in [-0.4, -0.2) is 20.3 Å². The smallest absolute Gasteiger partial charge is 0.281 e. The lowest BCUT2D eigenvalue weighted by molar-refractivity contribution is -0.118. The van der Waals surface area contributed by atoms with E-state index in [0.29, 0.717) is 22.5 Å². The molecule has 176 valence electrons. The molecule has 11 heteroatoms. The second-order valence-electron chi connectivity index (χ2n) is 7.64. The molecule has 6 nitrogen and oxygen atoms in total. The molecule has 0 radical (unpaired) electrons. The van der Waals surface area contributed by atoms with Gasteiger partial charge in [0.05, 0.1) is 17.3 Å². The van der Waals surface area contributed by atoms with Crippen molar-refractivity contribution in [3.8, 4) is 5.69 Å². The molecule has 0 spiro atoms. The molecule has 2 heterocycles. The molecule has 0 aliphatic rings. The van der Waals surface area contributed by atoms with Gasteiger partial charge < -0.3 is 9.88 Å². The molecular formula is C23H17F5N4O2. The van der Waals surface area contributed by atoms with Gasteiger partial charge in [-0.25, -0.2) is 22.0 Å². The molecule has 1 N–H and O–H groups in total. The number of amides is 1. The van der Waals surface area contributed by atoms with E-state index in [9.17, 15) is 31.5 Å². The molecule has 0 fully saturated rings. The average Bonchev–Trinajstić information content (AvgIpc) is 3.09. The van der Waals surface area contributed by atoms with Crippen LogP contribution in [0.2, 0.25) is 0 Å². The number of nitrogens with zero attached hydrogens (tertiary/aromatic N) is 3. The van der Waals surface area contributed by atoms with Crippen molar-refractivity contribution in [2.24, 2.45) is 0 Å². The van der Waals surface area contributed by atoms with Crippen molar-refractivity contribution in [1.82, 2.24) is 14.3 Å². The second kappa shape index (κ2) is 8.40. The number of nitrogens with one attached hydrogen (secondary N) is 1. The molecule has 1 amide bonds. The van der Waals surface area contributed by atoms with Crippen molar-refractivity contribution in [1.29, 1.82) is 0 Å². The number of rotatable bonds is 4. The maximum absolute atomic E-state index is 14.0. The van der Waals surface area contributed by atoms with Gasteiger partial charge >= 0.3 is 0 Å². The topological polar surface area (TPSA) is 68.9 Å². The van der Waals surface area contributed by atoms with E-state index < -0.39 is 52.3 Å². The summed E-state index contributed by atoms with van der Waals surface area (Å²) in [5, 5.41) is 6.69. The molecule has 0 saturated carbocycles. The minimum absolute atomic E-state index is 0.271. The number of hydrogen-bond acceptors (Lipinski definition) is 3. The zero-order chi connectivity index (χ0) is 24.9. The average molecular weight is 476 g/mol. The van der Waals surface area contributed by atoms with Crippen molar-refractivity contribution in [2.45, 2.75) is 26.8 Å². The van der Waals surface area contributed by atoms with E-state index in [4.69, 9.17) is 0 Å². The van der Waals surface area contributed by atoms with Gasteiger partial charge in [-0.15, -0.1) is 0 Å². The van der Waals surface area contributed by atoms with Crippen LogP contribution in [0.15, 0.2) is 41.3 Å². The van der Waals surface area contributed by atoms with Gasteiger partial charge in [0.25, 0.3) is 5.56 Å². The van der Waals surface area contributed by atoms with Crippen molar-refractivity contribution < 1.29 is 26.7 Å². The van der Waals surface area contributed by atoms with Crippen molar-refractivity contribution in [3.63, 3.8) is 0 Å². The molecule has 34 heavy (non-hydrogen) atoms. The van der Waals surface area contributed by atoms with Crippen LogP contribution in [0.25, 0.3) is 16.5 Å². The Morgan fingerprint density at radius 2 is 1.47 bits per heavy atom. The molecule has 2 aromatic carbocycles. The molecule has 0 bridgehead atoms. The van der Waals surface area contributed by atoms with Crippen LogP contribution < -0.4 is 10.9 Å². The zero-order valence-electron chi connectivity index (χ0n) is 18.1. The Labute approximate surface area is 189 Å². The van der Waals surface area contributed by atoms with Crippen molar-refractivity contribution >= 4 is 22.4 Å². The van der Waals surface area contributed by atoms with Crippen molar-refractivity contribution in [3.05, 3.63) is 87.4 Å². The summed E-state index contributed by atoms with van der Waals surface area (Å²) in [4.78, 5) is 25.9. The number of aromatic nitrogens is 3. The Morgan fingerprint density at radius 3 is 2.06 bits per heavy atom. The highest BCUT2D eigenvalue weighted by Gasteiger charge is 2.29. The van der Waals surface area contributed by atoms with Crippen LogP contribution in [0.4, 0.5) is 27.6 Å². The largest absolute Gasteiger partial charge is 0.336 e. The lowest BCUT2D eigenvalue weighted by atomic mass is 10.2. The number of halogens is 5. The van der Waals surface area contributed by atoms with Crippen LogP contribution >= 0.6 is 0 Å². The summed E-state index contributed by atoms with van der Waals surface area (Å²) in [5.41, 5.74) is -0.554. The number of hydrogen-bond donors (Lipinski definition) is 1. The SMILES string of the molecule is Cc1c2cnn(-c3ccccc3)c(=O)c2c(C)n1[C@H](C)C(=O)Nc1c(F)c(F)c(F)c(F)c1F. The lowest BCUT2D eigenvalue weighted by Gasteiger charge is -2.19. The summed E-state index contributed by atoms with van der Waals surface area (Å²) < 4.78 is 71.0. The minimum Gasteiger partial charge on any atom is -0.336 e. The van der Waals surface area contributed by atoms with E-state index >= 15 is 0 Å². The molecule has 0 aliphatic carbocycles. The Kier molecular flexibility index (Phi) is 5.72. The number of aryl methyl sites for hydroxylation is 2. The van der Waals surface area contributed by atoms with Crippen LogP contribution in [0.5, 0.6) is 0 Å². The van der Waals surface area contributed by atoms with E-state index in [-0.39, 0.29) is 5.39 Å². The van der Waals surface area contributed by atoms with Gasteiger partial charge in [-0.05, 0) is 32.9 Å². The Hall–Kier alpha value is -4.02. The highest BCUT2D eigenvalue weighted by Crippen LogP contribution is 2.30. The molecule has 1 atom stereocenters. The molecule has 4 aromatic rings. The Bertz CT molecular complexity index is 1480. The maximum atomic E-state index is 14.0. The van der Waals surface area contributed by atoms with Crippen LogP contribution in [0.1, 0.15) is 24.4 Å². The highest BCUT2D eigenvalue weighted by molar-refractivity contribution is 5.95. The first kappa shape index (κ1) is 23.1. The minimum atomic E-state index is -2.33. The number of carbonyl (C=O) groups excluding carboxylic acids is 1. The van der Waals surface area contributed by atoms with E-state index in [2.05, 4.69) is 5.10 Å². The van der Waals surface area contributed by atoms with Crippen LogP contribution in [-0.2, 0) is 4.79 Å². The Balaban J connectivity index is 1.78. The standard InChI is InChI=1S/C23H17F5N4O2/c1-10-14-9-29-32(13-7-5-4-6-8-13)23(34)15(14)11(2)31(10)12(3)22(33)30-21-19(27)17(25)16(24)18(26)20(21)28/h4-9,12H,1-3H3,(H,30,33)/t12-/m1/s1. The van der Waals surface area contributed by atoms with Gasteiger partial charge in [0.2, 0.25) is 11.7 Å². The molecule has 2 aromatic heterocycles.